The van der Waals surface area contributed by atoms with E-state index in [-0.39, 0.29) is 29.2 Å². The molecule has 2 saturated heterocycles. The van der Waals surface area contributed by atoms with Crippen molar-refractivity contribution in [1.82, 2.24) is 14.7 Å². The fraction of sp³-hybridized carbons (Fsp3) is 0.762. The number of rotatable bonds is 4. The first-order valence-corrected chi connectivity index (χ1v) is 10.5. The van der Waals surface area contributed by atoms with Crippen molar-refractivity contribution in [2.24, 2.45) is 17.3 Å². The molecule has 3 fully saturated rings. The normalized spacial score (nSPS) is 24.1. The second-order valence-corrected chi connectivity index (χ2v) is 8.56. The SMILES string of the molecule is CCOC(=O)N1CCN(C(=O)C2CC23CCN(C(=O)/C=C/C(C)C)CC3)CC1. The summed E-state index contributed by atoms with van der Waals surface area (Å²) in [6, 6.07) is 0. The molecule has 2 aliphatic heterocycles. The Balaban J connectivity index is 1.45. The van der Waals surface area contributed by atoms with Gasteiger partial charge in [-0.3, -0.25) is 9.59 Å². The molecule has 3 amide bonds. The molecule has 1 atom stereocenters. The van der Waals surface area contributed by atoms with Gasteiger partial charge in [-0.25, -0.2) is 4.79 Å². The average Bonchev–Trinajstić information content (AvgIpc) is 3.39. The zero-order valence-corrected chi connectivity index (χ0v) is 17.4. The predicted octanol–water partition coefficient (Wildman–Crippen LogP) is 2.13. The highest BCUT2D eigenvalue weighted by atomic mass is 16.6. The lowest BCUT2D eigenvalue weighted by atomic mass is 9.90. The van der Waals surface area contributed by atoms with Crippen molar-refractivity contribution < 1.29 is 19.1 Å². The Labute approximate surface area is 167 Å². The van der Waals surface area contributed by atoms with Crippen molar-refractivity contribution in [3.05, 3.63) is 12.2 Å². The Morgan fingerprint density at radius 1 is 1.00 bits per heavy atom. The van der Waals surface area contributed by atoms with E-state index in [1.807, 2.05) is 15.9 Å². The van der Waals surface area contributed by atoms with Crippen molar-refractivity contribution >= 4 is 17.9 Å². The molecule has 1 saturated carbocycles. The van der Waals surface area contributed by atoms with Crippen LogP contribution in [0.2, 0.25) is 0 Å². The van der Waals surface area contributed by atoms with Crippen molar-refractivity contribution in [3.63, 3.8) is 0 Å². The number of piperidine rings is 1. The monoisotopic (exact) mass is 391 g/mol. The van der Waals surface area contributed by atoms with Crippen LogP contribution >= 0.6 is 0 Å². The lowest BCUT2D eigenvalue weighted by Crippen LogP contribution is -2.51. The Kier molecular flexibility index (Phi) is 6.30. The van der Waals surface area contributed by atoms with Crippen molar-refractivity contribution in [2.45, 2.75) is 40.0 Å². The van der Waals surface area contributed by atoms with Crippen LogP contribution in [0, 0.1) is 17.3 Å². The molecule has 0 aromatic rings. The maximum atomic E-state index is 12.9. The second kappa shape index (κ2) is 8.53. The summed E-state index contributed by atoms with van der Waals surface area (Å²) in [7, 11) is 0. The summed E-state index contributed by atoms with van der Waals surface area (Å²) in [6.45, 7) is 9.99. The van der Waals surface area contributed by atoms with Gasteiger partial charge in [0.15, 0.2) is 0 Å². The van der Waals surface area contributed by atoms with Gasteiger partial charge in [-0.2, -0.15) is 0 Å². The summed E-state index contributed by atoms with van der Waals surface area (Å²) in [6.07, 6.45) is 6.09. The fourth-order valence-corrected chi connectivity index (χ4v) is 4.35. The topological polar surface area (TPSA) is 70.2 Å². The first-order valence-electron chi connectivity index (χ1n) is 10.5. The predicted molar refractivity (Wildman–Crippen MR) is 106 cm³/mol. The Bertz CT molecular complexity index is 630. The number of carbonyl (C=O) groups excluding carboxylic acids is 3. The van der Waals surface area contributed by atoms with E-state index in [0.717, 1.165) is 32.4 Å². The Morgan fingerprint density at radius 3 is 2.18 bits per heavy atom. The van der Waals surface area contributed by atoms with Gasteiger partial charge in [-0.15, -0.1) is 0 Å². The molecule has 1 unspecified atom stereocenters. The number of hydrogen-bond acceptors (Lipinski definition) is 4. The van der Waals surface area contributed by atoms with Crippen molar-refractivity contribution in [2.75, 3.05) is 45.9 Å². The lowest BCUT2D eigenvalue weighted by Gasteiger charge is -2.36. The molecule has 0 bridgehead atoms. The van der Waals surface area contributed by atoms with E-state index in [2.05, 4.69) is 13.8 Å². The highest BCUT2D eigenvalue weighted by Gasteiger charge is 2.59. The van der Waals surface area contributed by atoms with Gasteiger partial charge in [0.2, 0.25) is 11.8 Å². The van der Waals surface area contributed by atoms with Crippen molar-refractivity contribution in [1.29, 1.82) is 0 Å². The Morgan fingerprint density at radius 2 is 1.61 bits per heavy atom. The van der Waals surface area contributed by atoms with Gasteiger partial charge in [0, 0.05) is 45.2 Å². The van der Waals surface area contributed by atoms with Gasteiger partial charge >= 0.3 is 6.09 Å². The minimum atomic E-state index is -0.291. The van der Waals surface area contributed by atoms with E-state index in [1.165, 1.54) is 0 Å². The largest absolute Gasteiger partial charge is 0.450 e. The maximum Gasteiger partial charge on any atom is 0.409 e. The third-order valence-corrected chi connectivity index (χ3v) is 6.30. The minimum Gasteiger partial charge on any atom is -0.450 e. The number of carbonyl (C=O) groups is 3. The number of allylic oxidation sites excluding steroid dienone is 1. The van der Waals surface area contributed by atoms with Gasteiger partial charge in [-0.1, -0.05) is 19.9 Å². The highest BCUT2D eigenvalue weighted by Crippen LogP contribution is 2.60. The molecule has 28 heavy (non-hydrogen) atoms. The molecular formula is C21H33N3O4. The van der Waals surface area contributed by atoms with E-state index in [1.54, 1.807) is 17.9 Å². The molecular weight excluding hydrogens is 358 g/mol. The molecule has 0 radical (unpaired) electrons. The maximum absolute atomic E-state index is 12.9. The second-order valence-electron chi connectivity index (χ2n) is 8.56. The summed E-state index contributed by atoms with van der Waals surface area (Å²) in [5.41, 5.74) is 0.0912. The molecule has 7 nitrogen and oxygen atoms in total. The van der Waals surface area contributed by atoms with Crippen LogP contribution in [0.5, 0.6) is 0 Å². The smallest absolute Gasteiger partial charge is 0.409 e. The molecule has 0 aromatic carbocycles. The minimum absolute atomic E-state index is 0.0853. The zero-order chi connectivity index (χ0) is 20.3. The van der Waals surface area contributed by atoms with Crippen LogP contribution in [-0.2, 0) is 14.3 Å². The molecule has 3 aliphatic rings. The quantitative estimate of drug-likeness (QED) is 0.689. The van der Waals surface area contributed by atoms with Crippen LogP contribution in [0.3, 0.4) is 0 Å². The zero-order valence-electron chi connectivity index (χ0n) is 17.4. The fourth-order valence-electron chi connectivity index (χ4n) is 4.35. The van der Waals surface area contributed by atoms with Crippen LogP contribution in [0.25, 0.3) is 0 Å². The third-order valence-electron chi connectivity index (χ3n) is 6.30. The number of ether oxygens (including phenoxy) is 1. The molecule has 1 aliphatic carbocycles. The number of likely N-dealkylation sites (tertiary alicyclic amines) is 1. The molecule has 0 aromatic heterocycles. The van der Waals surface area contributed by atoms with Gasteiger partial charge in [0.25, 0.3) is 0 Å². The van der Waals surface area contributed by atoms with E-state index < -0.39 is 0 Å². The van der Waals surface area contributed by atoms with Gasteiger partial charge in [0.05, 0.1) is 6.61 Å². The van der Waals surface area contributed by atoms with Gasteiger partial charge in [-0.05, 0) is 43.6 Å². The van der Waals surface area contributed by atoms with Gasteiger partial charge < -0.3 is 19.4 Å². The molecule has 1 spiro atoms. The Hall–Kier alpha value is -2.05. The summed E-state index contributed by atoms with van der Waals surface area (Å²) in [5, 5.41) is 0. The van der Waals surface area contributed by atoms with Crippen molar-refractivity contribution in [3.8, 4) is 0 Å². The number of amides is 3. The highest BCUT2D eigenvalue weighted by molar-refractivity contribution is 5.88. The molecule has 7 heteroatoms. The van der Waals surface area contributed by atoms with E-state index in [4.69, 9.17) is 4.74 Å². The number of hydrogen-bond donors (Lipinski definition) is 0. The summed E-state index contributed by atoms with van der Waals surface area (Å²) in [5.74, 6) is 0.769. The van der Waals surface area contributed by atoms with Gasteiger partial charge in [0.1, 0.15) is 0 Å². The molecule has 2 heterocycles. The van der Waals surface area contributed by atoms with E-state index >= 15 is 0 Å². The number of piperazine rings is 1. The van der Waals surface area contributed by atoms with Crippen LogP contribution < -0.4 is 0 Å². The third kappa shape index (κ3) is 4.50. The van der Waals surface area contributed by atoms with Crippen LogP contribution in [0.1, 0.15) is 40.0 Å². The summed E-state index contributed by atoms with van der Waals surface area (Å²) < 4.78 is 5.03. The lowest BCUT2D eigenvalue weighted by molar-refractivity contribution is -0.135. The molecule has 0 N–H and O–H groups in total. The molecule has 156 valence electrons. The summed E-state index contributed by atoms with van der Waals surface area (Å²) >= 11 is 0. The van der Waals surface area contributed by atoms with Crippen LogP contribution in [0.15, 0.2) is 12.2 Å². The van der Waals surface area contributed by atoms with Crippen LogP contribution in [0.4, 0.5) is 4.79 Å². The average molecular weight is 392 g/mol. The van der Waals surface area contributed by atoms with E-state index in [9.17, 15) is 14.4 Å². The summed E-state index contributed by atoms with van der Waals surface area (Å²) in [4.78, 5) is 42.5. The standard InChI is InChI=1S/C21H33N3O4/c1-4-28-20(27)24-13-11-23(12-14-24)19(26)17-15-21(17)7-9-22(10-8-21)18(25)6-5-16(2)3/h5-6,16-17H,4,7-15H2,1-3H3/b6-5+. The first-order chi connectivity index (χ1) is 13.4. The first kappa shape index (κ1) is 20.7. The van der Waals surface area contributed by atoms with Crippen LogP contribution in [-0.4, -0.2) is 78.5 Å². The van der Waals surface area contributed by atoms with E-state index in [0.29, 0.717) is 38.7 Å². The molecule has 3 rings (SSSR count). The number of nitrogens with zero attached hydrogens (tertiary/aromatic N) is 3.